The van der Waals surface area contributed by atoms with Gasteiger partial charge < -0.3 is 23.3 Å². The zero-order valence-corrected chi connectivity index (χ0v) is 18.2. The van der Waals surface area contributed by atoms with Crippen LogP contribution in [0.15, 0.2) is 36.4 Å². The molecule has 0 aromatic heterocycles. The smallest absolute Gasteiger partial charge is 0.306 e. The van der Waals surface area contributed by atoms with Gasteiger partial charge in [0, 0.05) is 18.2 Å². The molecular formula is C21H25NO7S. The van der Waals surface area contributed by atoms with E-state index in [2.05, 4.69) is 0 Å². The average Bonchev–Trinajstić information content (AvgIpc) is 3.17. The van der Waals surface area contributed by atoms with Crippen molar-refractivity contribution in [1.29, 1.82) is 0 Å². The van der Waals surface area contributed by atoms with Crippen molar-refractivity contribution in [3.63, 3.8) is 0 Å². The minimum atomic E-state index is -3.73. The molecule has 0 aliphatic carbocycles. The standard InChI is InChI=1S/C21H25NO7S/c1-5-14(2)22(21(23)16-7-9-18-19(11-16)28-13-27-18)12-15-6-8-17(26-3)20(10-15)29-30(4,24)25/h6-11,14H,5,12-13H2,1-4H3. The van der Waals surface area contributed by atoms with E-state index in [9.17, 15) is 13.2 Å². The Bertz CT molecular complexity index is 1040. The molecule has 1 amide bonds. The summed E-state index contributed by atoms with van der Waals surface area (Å²) >= 11 is 0. The summed E-state index contributed by atoms with van der Waals surface area (Å²) in [4.78, 5) is 15.0. The SMILES string of the molecule is CCC(C)N(Cc1ccc(OC)c(OS(C)(=O)=O)c1)C(=O)c1ccc2c(c1)OCO2. The molecule has 1 atom stereocenters. The summed E-state index contributed by atoms with van der Waals surface area (Å²) in [6.07, 6.45) is 1.72. The fraction of sp³-hybridized carbons (Fsp3) is 0.381. The van der Waals surface area contributed by atoms with Crippen molar-refractivity contribution in [2.24, 2.45) is 0 Å². The Morgan fingerprint density at radius 2 is 1.87 bits per heavy atom. The van der Waals surface area contributed by atoms with Crippen LogP contribution in [-0.4, -0.2) is 45.4 Å². The van der Waals surface area contributed by atoms with Crippen molar-refractivity contribution in [1.82, 2.24) is 4.90 Å². The van der Waals surface area contributed by atoms with Gasteiger partial charge in [-0.05, 0) is 49.2 Å². The van der Waals surface area contributed by atoms with Crippen LogP contribution in [0.2, 0.25) is 0 Å². The van der Waals surface area contributed by atoms with Crippen LogP contribution in [0.3, 0.4) is 0 Å². The highest BCUT2D eigenvalue weighted by Crippen LogP contribution is 2.34. The van der Waals surface area contributed by atoms with Crippen LogP contribution >= 0.6 is 0 Å². The zero-order chi connectivity index (χ0) is 21.9. The number of nitrogens with zero attached hydrogens (tertiary/aromatic N) is 1. The first-order valence-corrected chi connectivity index (χ1v) is 11.3. The van der Waals surface area contributed by atoms with Crippen LogP contribution in [0.25, 0.3) is 0 Å². The van der Waals surface area contributed by atoms with E-state index in [0.717, 1.165) is 12.7 Å². The van der Waals surface area contributed by atoms with Gasteiger partial charge in [-0.15, -0.1) is 0 Å². The number of benzene rings is 2. The molecule has 162 valence electrons. The lowest BCUT2D eigenvalue weighted by Crippen LogP contribution is -2.37. The molecule has 9 heteroatoms. The lowest BCUT2D eigenvalue weighted by Gasteiger charge is -2.29. The molecule has 1 aliphatic rings. The van der Waals surface area contributed by atoms with Crippen molar-refractivity contribution >= 4 is 16.0 Å². The lowest BCUT2D eigenvalue weighted by molar-refractivity contribution is 0.0671. The van der Waals surface area contributed by atoms with Gasteiger partial charge in [0.25, 0.3) is 5.91 Å². The Hall–Kier alpha value is -2.94. The van der Waals surface area contributed by atoms with E-state index in [-0.39, 0.29) is 31.0 Å². The highest BCUT2D eigenvalue weighted by molar-refractivity contribution is 7.86. The fourth-order valence-electron chi connectivity index (χ4n) is 3.09. The van der Waals surface area contributed by atoms with E-state index in [1.165, 1.54) is 7.11 Å². The molecule has 1 unspecified atom stereocenters. The first-order chi connectivity index (χ1) is 14.2. The molecule has 0 N–H and O–H groups in total. The van der Waals surface area contributed by atoms with Crippen molar-refractivity contribution in [2.75, 3.05) is 20.2 Å². The topological polar surface area (TPSA) is 91.4 Å². The molecule has 0 radical (unpaired) electrons. The largest absolute Gasteiger partial charge is 0.493 e. The van der Waals surface area contributed by atoms with E-state index in [1.807, 2.05) is 13.8 Å². The minimum absolute atomic E-state index is 0.0516. The van der Waals surface area contributed by atoms with Gasteiger partial charge in [-0.3, -0.25) is 4.79 Å². The number of fused-ring (bicyclic) bond motifs is 1. The summed E-state index contributed by atoms with van der Waals surface area (Å²) < 4.78 is 44.1. The van der Waals surface area contributed by atoms with Crippen molar-refractivity contribution < 1.29 is 31.6 Å². The minimum Gasteiger partial charge on any atom is -0.493 e. The third kappa shape index (κ3) is 4.96. The van der Waals surface area contributed by atoms with Crippen LogP contribution in [0.1, 0.15) is 36.2 Å². The summed E-state index contributed by atoms with van der Waals surface area (Å²) in [5, 5.41) is 0. The number of ether oxygens (including phenoxy) is 3. The molecule has 2 aromatic carbocycles. The van der Waals surface area contributed by atoms with E-state index in [1.54, 1.807) is 41.3 Å². The molecule has 1 aliphatic heterocycles. The molecule has 1 heterocycles. The highest BCUT2D eigenvalue weighted by Gasteiger charge is 2.24. The van der Waals surface area contributed by atoms with Gasteiger partial charge in [0.05, 0.1) is 13.4 Å². The lowest BCUT2D eigenvalue weighted by atomic mass is 10.1. The number of amides is 1. The molecule has 2 aromatic rings. The molecule has 3 rings (SSSR count). The molecular weight excluding hydrogens is 410 g/mol. The first-order valence-electron chi connectivity index (χ1n) is 9.48. The second-order valence-corrected chi connectivity index (χ2v) is 8.61. The summed E-state index contributed by atoms with van der Waals surface area (Å²) in [6.45, 7) is 4.36. The Morgan fingerprint density at radius 3 is 2.53 bits per heavy atom. The second-order valence-electron chi connectivity index (χ2n) is 7.03. The molecule has 0 saturated carbocycles. The van der Waals surface area contributed by atoms with Crippen LogP contribution in [0, 0.1) is 0 Å². The van der Waals surface area contributed by atoms with Gasteiger partial charge >= 0.3 is 10.1 Å². The number of methoxy groups -OCH3 is 1. The second kappa shape index (κ2) is 8.83. The van der Waals surface area contributed by atoms with Crippen molar-refractivity contribution in [3.8, 4) is 23.0 Å². The number of carbonyl (C=O) groups excluding carboxylic acids is 1. The van der Waals surface area contributed by atoms with Gasteiger partial charge in [0.2, 0.25) is 6.79 Å². The third-order valence-corrected chi connectivity index (χ3v) is 5.31. The van der Waals surface area contributed by atoms with Crippen LogP contribution in [-0.2, 0) is 16.7 Å². The Kier molecular flexibility index (Phi) is 6.40. The van der Waals surface area contributed by atoms with Crippen LogP contribution in [0.5, 0.6) is 23.0 Å². The molecule has 0 bridgehead atoms. The Balaban J connectivity index is 1.90. The maximum Gasteiger partial charge on any atom is 0.306 e. The fourth-order valence-corrected chi connectivity index (χ4v) is 3.54. The quantitative estimate of drug-likeness (QED) is 0.588. The highest BCUT2D eigenvalue weighted by atomic mass is 32.2. The number of carbonyl (C=O) groups is 1. The zero-order valence-electron chi connectivity index (χ0n) is 17.4. The maximum atomic E-state index is 13.3. The number of hydrogen-bond acceptors (Lipinski definition) is 7. The third-order valence-electron chi connectivity index (χ3n) is 4.83. The summed E-state index contributed by atoms with van der Waals surface area (Å²) in [5.41, 5.74) is 1.20. The molecule has 0 fully saturated rings. The Morgan fingerprint density at radius 1 is 1.13 bits per heavy atom. The maximum absolute atomic E-state index is 13.3. The monoisotopic (exact) mass is 435 g/mol. The number of rotatable bonds is 8. The van der Waals surface area contributed by atoms with E-state index >= 15 is 0 Å². The van der Waals surface area contributed by atoms with Crippen LogP contribution in [0.4, 0.5) is 0 Å². The van der Waals surface area contributed by atoms with Gasteiger partial charge in [-0.25, -0.2) is 0 Å². The number of hydrogen-bond donors (Lipinski definition) is 0. The van der Waals surface area contributed by atoms with E-state index < -0.39 is 10.1 Å². The molecule has 0 saturated heterocycles. The predicted octanol–water partition coefficient (Wildman–Crippen LogP) is 3.20. The Labute approximate surface area is 176 Å². The average molecular weight is 435 g/mol. The van der Waals surface area contributed by atoms with Crippen LogP contribution < -0.4 is 18.4 Å². The molecule has 8 nitrogen and oxygen atoms in total. The van der Waals surface area contributed by atoms with Gasteiger partial charge in [-0.1, -0.05) is 13.0 Å². The van der Waals surface area contributed by atoms with Gasteiger partial charge in [-0.2, -0.15) is 8.42 Å². The predicted molar refractivity (Wildman–Crippen MR) is 111 cm³/mol. The summed E-state index contributed by atoms with van der Waals surface area (Å²) in [7, 11) is -2.30. The van der Waals surface area contributed by atoms with E-state index in [0.29, 0.717) is 28.4 Å². The van der Waals surface area contributed by atoms with E-state index in [4.69, 9.17) is 18.4 Å². The summed E-state index contributed by atoms with van der Waals surface area (Å²) in [5.74, 6) is 1.36. The first kappa shape index (κ1) is 21.8. The molecule has 30 heavy (non-hydrogen) atoms. The van der Waals surface area contributed by atoms with Crippen molar-refractivity contribution in [3.05, 3.63) is 47.5 Å². The summed E-state index contributed by atoms with van der Waals surface area (Å²) in [6, 6.07) is 10.0. The normalized spacial score (nSPS) is 13.6. The van der Waals surface area contributed by atoms with Gasteiger partial charge in [0.15, 0.2) is 23.0 Å². The van der Waals surface area contributed by atoms with Crippen molar-refractivity contribution in [2.45, 2.75) is 32.9 Å². The van der Waals surface area contributed by atoms with Gasteiger partial charge in [0.1, 0.15) is 0 Å². The molecule has 0 spiro atoms.